The van der Waals surface area contributed by atoms with Gasteiger partial charge in [-0.3, -0.25) is 9.69 Å². The molecular formula is C16H23N3O2. The molecule has 3 rings (SSSR count). The van der Waals surface area contributed by atoms with Crippen molar-refractivity contribution in [2.45, 2.75) is 37.3 Å². The van der Waals surface area contributed by atoms with Gasteiger partial charge in [-0.05, 0) is 50.1 Å². The minimum absolute atomic E-state index is 0.214. The van der Waals surface area contributed by atoms with Crippen LogP contribution in [0.3, 0.4) is 0 Å². The minimum Gasteiger partial charge on any atom is -0.497 e. The van der Waals surface area contributed by atoms with Crippen molar-refractivity contribution in [3.8, 4) is 5.75 Å². The maximum absolute atomic E-state index is 12.2. The highest BCUT2D eigenvalue weighted by molar-refractivity contribution is 5.89. The third-order valence-corrected chi connectivity index (χ3v) is 4.87. The number of benzene rings is 1. The predicted molar refractivity (Wildman–Crippen MR) is 82.4 cm³/mol. The van der Waals surface area contributed by atoms with Gasteiger partial charge in [-0.1, -0.05) is 6.42 Å². The summed E-state index contributed by atoms with van der Waals surface area (Å²) in [6, 6.07) is 7.88. The van der Waals surface area contributed by atoms with Crippen LogP contribution in [-0.4, -0.2) is 42.6 Å². The number of amides is 1. The zero-order valence-electron chi connectivity index (χ0n) is 12.5. The number of ether oxygens (including phenoxy) is 1. The van der Waals surface area contributed by atoms with E-state index in [1.807, 2.05) is 24.3 Å². The number of nitrogens with zero attached hydrogens (tertiary/aromatic N) is 1. The first-order valence-corrected chi connectivity index (χ1v) is 7.62. The number of carbonyl (C=O) groups excluding carboxylic acids is 1. The van der Waals surface area contributed by atoms with Crippen molar-refractivity contribution in [2.24, 2.45) is 5.73 Å². The molecule has 0 saturated carbocycles. The maximum Gasteiger partial charge on any atom is 0.244 e. The first-order valence-electron chi connectivity index (χ1n) is 7.62. The molecule has 21 heavy (non-hydrogen) atoms. The molecule has 5 heteroatoms. The summed E-state index contributed by atoms with van der Waals surface area (Å²) in [5.74, 6) is 0.562. The van der Waals surface area contributed by atoms with Gasteiger partial charge in [-0.2, -0.15) is 0 Å². The number of methoxy groups -OCH3 is 1. The highest BCUT2D eigenvalue weighted by Gasteiger charge is 2.52. The molecule has 2 saturated heterocycles. The summed E-state index contributed by atoms with van der Waals surface area (Å²) < 4.78 is 5.17. The Morgan fingerprint density at radius 2 is 2.10 bits per heavy atom. The number of carbonyl (C=O) groups is 1. The number of nitrogens with one attached hydrogen (secondary N) is 1. The standard InChI is InChI=1S/C16H23N3O2/c1-21-13-7-5-12(6-8-13)18-16(15(17)20)9-11-19-10-3-2-4-14(16)19/h5-8,14,18H,2-4,9-11H2,1H3,(H2,17,20). The smallest absolute Gasteiger partial charge is 0.244 e. The van der Waals surface area contributed by atoms with Crippen LogP contribution in [0.15, 0.2) is 24.3 Å². The summed E-state index contributed by atoms with van der Waals surface area (Å²) >= 11 is 0. The first-order chi connectivity index (χ1) is 10.2. The number of hydrogen-bond donors (Lipinski definition) is 2. The van der Waals surface area contributed by atoms with Gasteiger partial charge in [-0.25, -0.2) is 0 Å². The quantitative estimate of drug-likeness (QED) is 0.883. The second-order valence-electron chi connectivity index (χ2n) is 5.99. The van der Waals surface area contributed by atoms with Crippen LogP contribution >= 0.6 is 0 Å². The van der Waals surface area contributed by atoms with Crippen molar-refractivity contribution in [3.05, 3.63) is 24.3 Å². The molecule has 5 nitrogen and oxygen atoms in total. The van der Waals surface area contributed by atoms with Crippen molar-refractivity contribution < 1.29 is 9.53 Å². The molecule has 2 unspecified atom stereocenters. The van der Waals surface area contributed by atoms with Crippen LogP contribution in [0.4, 0.5) is 5.69 Å². The van der Waals surface area contributed by atoms with Crippen molar-refractivity contribution in [3.63, 3.8) is 0 Å². The Labute approximate surface area is 125 Å². The lowest BCUT2D eigenvalue weighted by Gasteiger charge is -2.39. The van der Waals surface area contributed by atoms with Crippen molar-refractivity contribution in [1.29, 1.82) is 0 Å². The van der Waals surface area contributed by atoms with Gasteiger partial charge in [0, 0.05) is 18.3 Å². The van der Waals surface area contributed by atoms with Crippen LogP contribution in [0, 0.1) is 0 Å². The van der Waals surface area contributed by atoms with E-state index >= 15 is 0 Å². The molecule has 114 valence electrons. The van der Waals surface area contributed by atoms with Gasteiger partial charge in [0.15, 0.2) is 0 Å². The SMILES string of the molecule is COc1ccc(NC2(C(N)=O)CCN3CCCCC32)cc1. The largest absolute Gasteiger partial charge is 0.497 e. The summed E-state index contributed by atoms with van der Waals surface area (Å²) in [4.78, 5) is 14.6. The number of piperidine rings is 1. The number of fused-ring (bicyclic) bond motifs is 1. The maximum atomic E-state index is 12.2. The summed E-state index contributed by atoms with van der Waals surface area (Å²) in [7, 11) is 1.64. The Morgan fingerprint density at radius 1 is 1.33 bits per heavy atom. The second-order valence-corrected chi connectivity index (χ2v) is 5.99. The summed E-state index contributed by atoms with van der Waals surface area (Å²) in [6.07, 6.45) is 4.19. The highest BCUT2D eigenvalue weighted by atomic mass is 16.5. The molecule has 2 fully saturated rings. The van der Waals surface area contributed by atoms with Gasteiger partial charge in [0.2, 0.25) is 5.91 Å². The van der Waals surface area contributed by atoms with Crippen molar-refractivity contribution >= 4 is 11.6 Å². The Hall–Kier alpha value is -1.75. The van der Waals surface area contributed by atoms with E-state index in [4.69, 9.17) is 10.5 Å². The molecule has 0 spiro atoms. The third kappa shape index (κ3) is 2.46. The molecule has 0 aromatic heterocycles. The fourth-order valence-electron chi connectivity index (χ4n) is 3.73. The van der Waals surface area contributed by atoms with Crippen LogP contribution in [-0.2, 0) is 4.79 Å². The summed E-state index contributed by atoms with van der Waals surface area (Å²) in [5.41, 5.74) is 6.07. The van der Waals surface area contributed by atoms with Gasteiger partial charge in [0.25, 0.3) is 0 Å². The topological polar surface area (TPSA) is 67.6 Å². The second kappa shape index (κ2) is 5.56. The Morgan fingerprint density at radius 3 is 2.76 bits per heavy atom. The molecule has 1 amide bonds. The van der Waals surface area contributed by atoms with E-state index < -0.39 is 5.54 Å². The molecule has 0 bridgehead atoms. The molecule has 0 aliphatic carbocycles. The fourth-order valence-corrected chi connectivity index (χ4v) is 3.73. The number of hydrogen-bond acceptors (Lipinski definition) is 4. The predicted octanol–water partition coefficient (Wildman–Crippen LogP) is 1.59. The fraction of sp³-hybridized carbons (Fsp3) is 0.562. The number of anilines is 1. The number of nitrogens with two attached hydrogens (primary N) is 1. The molecule has 2 atom stereocenters. The van der Waals surface area contributed by atoms with Crippen LogP contribution < -0.4 is 15.8 Å². The first kappa shape index (κ1) is 14.2. The molecular weight excluding hydrogens is 266 g/mol. The van der Waals surface area contributed by atoms with E-state index in [0.29, 0.717) is 0 Å². The zero-order valence-corrected chi connectivity index (χ0v) is 12.5. The third-order valence-electron chi connectivity index (χ3n) is 4.87. The number of rotatable bonds is 4. The van der Waals surface area contributed by atoms with E-state index in [9.17, 15) is 4.79 Å². The summed E-state index contributed by atoms with van der Waals surface area (Å²) in [5, 5.41) is 3.43. The minimum atomic E-state index is -0.644. The average molecular weight is 289 g/mol. The normalized spacial score (nSPS) is 28.9. The Kier molecular flexibility index (Phi) is 3.76. The van der Waals surface area contributed by atoms with Gasteiger partial charge >= 0.3 is 0 Å². The average Bonchev–Trinajstić information content (AvgIpc) is 2.88. The van der Waals surface area contributed by atoms with Gasteiger partial charge in [-0.15, -0.1) is 0 Å². The molecule has 1 aromatic rings. The Balaban J connectivity index is 1.85. The van der Waals surface area contributed by atoms with Gasteiger partial charge < -0.3 is 15.8 Å². The van der Waals surface area contributed by atoms with Crippen LogP contribution in [0.2, 0.25) is 0 Å². The number of primary amides is 1. The van der Waals surface area contributed by atoms with E-state index in [1.54, 1.807) is 7.11 Å². The van der Waals surface area contributed by atoms with E-state index in [2.05, 4.69) is 10.2 Å². The Bertz CT molecular complexity index is 517. The van der Waals surface area contributed by atoms with Crippen LogP contribution in [0.1, 0.15) is 25.7 Å². The lowest BCUT2D eigenvalue weighted by molar-refractivity contribution is -0.123. The highest BCUT2D eigenvalue weighted by Crippen LogP contribution is 2.37. The van der Waals surface area contributed by atoms with Crippen LogP contribution in [0.5, 0.6) is 5.75 Å². The van der Waals surface area contributed by atoms with E-state index in [0.717, 1.165) is 37.4 Å². The monoisotopic (exact) mass is 289 g/mol. The molecule has 0 radical (unpaired) electrons. The molecule has 2 aliphatic rings. The lowest BCUT2D eigenvalue weighted by Crippen LogP contribution is -2.59. The van der Waals surface area contributed by atoms with E-state index in [1.165, 1.54) is 12.8 Å². The molecule has 1 aromatic carbocycles. The molecule has 3 N–H and O–H groups in total. The van der Waals surface area contributed by atoms with Crippen molar-refractivity contribution in [1.82, 2.24) is 4.90 Å². The van der Waals surface area contributed by atoms with Gasteiger partial charge in [0.1, 0.15) is 11.3 Å². The molecule has 2 heterocycles. The molecule has 2 aliphatic heterocycles. The van der Waals surface area contributed by atoms with Crippen LogP contribution in [0.25, 0.3) is 0 Å². The lowest BCUT2D eigenvalue weighted by atomic mass is 9.84. The summed E-state index contributed by atoms with van der Waals surface area (Å²) in [6.45, 7) is 2.01. The van der Waals surface area contributed by atoms with Gasteiger partial charge in [0.05, 0.1) is 7.11 Å². The van der Waals surface area contributed by atoms with Crippen molar-refractivity contribution in [2.75, 3.05) is 25.5 Å². The zero-order chi connectivity index (χ0) is 14.9. The van der Waals surface area contributed by atoms with E-state index in [-0.39, 0.29) is 11.9 Å².